The number of anilines is 1. The Bertz CT molecular complexity index is 684. The van der Waals surface area contributed by atoms with Gasteiger partial charge in [0.05, 0.1) is 6.67 Å². The highest BCUT2D eigenvalue weighted by Crippen LogP contribution is 2.25. The van der Waals surface area contributed by atoms with Crippen LogP contribution in [0.1, 0.15) is 35.7 Å². The van der Waals surface area contributed by atoms with Crippen molar-refractivity contribution in [2.45, 2.75) is 26.3 Å². The van der Waals surface area contributed by atoms with E-state index in [0.717, 1.165) is 42.7 Å². The van der Waals surface area contributed by atoms with Crippen LogP contribution in [0.3, 0.4) is 0 Å². The molecule has 3 nitrogen and oxygen atoms in total. The normalized spacial score (nSPS) is 15.4. The van der Waals surface area contributed by atoms with Crippen LogP contribution in [-0.2, 0) is 6.54 Å². The summed E-state index contributed by atoms with van der Waals surface area (Å²) in [6.45, 7) is 4.59. The number of benzene rings is 2. The van der Waals surface area contributed by atoms with E-state index in [1.54, 1.807) is 0 Å². The molecule has 1 amide bonds. The van der Waals surface area contributed by atoms with Gasteiger partial charge in [0.1, 0.15) is 0 Å². The van der Waals surface area contributed by atoms with Crippen molar-refractivity contribution in [2.24, 2.45) is 0 Å². The van der Waals surface area contributed by atoms with Crippen molar-refractivity contribution in [1.29, 1.82) is 0 Å². The predicted octanol–water partition coefficient (Wildman–Crippen LogP) is 4.56. The standard InChI is InChI=1S/C19H21ClN2O/c1-2-3-12-21-13-15-6-4-5-7-18(15)19(23)22(14-21)17-10-8-16(20)9-11-17/h4-11H,2-3,12-14H2,1H3. The van der Waals surface area contributed by atoms with Gasteiger partial charge in [0.25, 0.3) is 5.91 Å². The van der Waals surface area contributed by atoms with E-state index in [-0.39, 0.29) is 5.91 Å². The molecule has 2 aromatic rings. The molecule has 0 atom stereocenters. The van der Waals surface area contributed by atoms with Gasteiger partial charge in [-0.25, -0.2) is 0 Å². The van der Waals surface area contributed by atoms with Crippen LogP contribution >= 0.6 is 11.6 Å². The zero-order valence-electron chi connectivity index (χ0n) is 13.3. The largest absolute Gasteiger partial charge is 0.295 e. The maximum absolute atomic E-state index is 13.0. The van der Waals surface area contributed by atoms with E-state index in [2.05, 4.69) is 17.9 Å². The molecule has 1 heterocycles. The van der Waals surface area contributed by atoms with Crippen LogP contribution in [0.25, 0.3) is 0 Å². The number of amides is 1. The third-order valence-corrected chi connectivity index (χ3v) is 4.45. The fourth-order valence-corrected chi connectivity index (χ4v) is 3.04. The summed E-state index contributed by atoms with van der Waals surface area (Å²) in [7, 11) is 0. The van der Waals surface area contributed by atoms with Gasteiger partial charge in [-0.2, -0.15) is 0 Å². The van der Waals surface area contributed by atoms with Gasteiger partial charge in [0.15, 0.2) is 0 Å². The van der Waals surface area contributed by atoms with Gasteiger partial charge in [-0.15, -0.1) is 0 Å². The number of hydrogen-bond donors (Lipinski definition) is 0. The quantitative estimate of drug-likeness (QED) is 0.821. The van der Waals surface area contributed by atoms with Gasteiger partial charge in [-0.05, 0) is 42.3 Å². The molecule has 120 valence electrons. The van der Waals surface area contributed by atoms with Gasteiger partial charge in [-0.3, -0.25) is 14.6 Å². The topological polar surface area (TPSA) is 23.6 Å². The second kappa shape index (κ2) is 7.16. The minimum atomic E-state index is 0.0573. The summed E-state index contributed by atoms with van der Waals surface area (Å²) >= 11 is 5.98. The summed E-state index contributed by atoms with van der Waals surface area (Å²) in [6, 6.07) is 15.4. The Balaban J connectivity index is 1.97. The van der Waals surface area contributed by atoms with Crippen LogP contribution in [0.4, 0.5) is 5.69 Å². The Morgan fingerprint density at radius 3 is 2.57 bits per heavy atom. The minimum Gasteiger partial charge on any atom is -0.295 e. The molecule has 0 radical (unpaired) electrons. The first-order valence-electron chi connectivity index (χ1n) is 8.06. The number of fused-ring (bicyclic) bond motifs is 1. The second-order valence-corrected chi connectivity index (χ2v) is 6.35. The average molecular weight is 329 g/mol. The molecule has 1 aliphatic rings. The lowest BCUT2D eigenvalue weighted by atomic mass is 10.1. The summed E-state index contributed by atoms with van der Waals surface area (Å²) in [5, 5.41) is 0.680. The fourth-order valence-electron chi connectivity index (χ4n) is 2.92. The summed E-state index contributed by atoms with van der Waals surface area (Å²) in [6.07, 6.45) is 2.28. The second-order valence-electron chi connectivity index (χ2n) is 5.91. The van der Waals surface area contributed by atoms with Crippen LogP contribution < -0.4 is 4.90 Å². The zero-order chi connectivity index (χ0) is 16.2. The molecule has 0 unspecified atom stereocenters. The van der Waals surface area contributed by atoms with Crippen molar-refractivity contribution < 1.29 is 4.79 Å². The van der Waals surface area contributed by atoms with Gasteiger partial charge >= 0.3 is 0 Å². The summed E-state index contributed by atoms with van der Waals surface area (Å²) < 4.78 is 0. The van der Waals surface area contributed by atoms with E-state index < -0.39 is 0 Å². The molecule has 0 N–H and O–H groups in total. The molecule has 2 aromatic carbocycles. The summed E-state index contributed by atoms with van der Waals surface area (Å²) in [5.41, 5.74) is 2.78. The molecule has 0 saturated heterocycles. The first-order valence-corrected chi connectivity index (χ1v) is 8.44. The van der Waals surface area contributed by atoms with E-state index in [1.165, 1.54) is 0 Å². The fraction of sp³-hybridized carbons (Fsp3) is 0.316. The number of carbonyl (C=O) groups excluding carboxylic acids is 1. The van der Waals surface area contributed by atoms with Gasteiger partial charge < -0.3 is 0 Å². The van der Waals surface area contributed by atoms with Crippen molar-refractivity contribution >= 4 is 23.2 Å². The van der Waals surface area contributed by atoms with E-state index in [1.807, 2.05) is 47.4 Å². The molecule has 0 bridgehead atoms. The van der Waals surface area contributed by atoms with Crippen molar-refractivity contribution in [2.75, 3.05) is 18.1 Å². The lowest BCUT2D eigenvalue weighted by Crippen LogP contribution is -2.39. The molecular weight excluding hydrogens is 308 g/mol. The highest BCUT2D eigenvalue weighted by Gasteiger charge is 2.26. The molecule has 0 spiro atoms. The molecule has 0 saturated carbocycles. The van der Waals surface area contributed by atoms with Crippen LogP contribution in [0.2, 0.25) is 5.02 Å². The van der Waals surface area contributed by atoms with Gasteiger partial charge in [0.2, 0.25) is 0 Å². The number of nitrogens with zero attached hydrogens (tertiary/aromatic N) is 2. The minimum absolute atomic E-state index is 0.0573. The van der Waals surface area contributed by atoms with Crippen LogP contribution in [-0.4, -0.2) is 24.0 Å². The number of unbranched alkanes of at least 4 members (excludes halogenated alkanes) is 1. The molecular formula is C19H21ClN2O. The molecule has 23 heavy (non-hydrogen) atoms. The van der Waals surface area contributed by atoms with E-state index in [4.69, 9.17) is 11.6 Å². The Kier molecular flexibility index (Phi) is 4.99. The zero-order valence-corrected chi connectivity index (χ0v) is 14.1. The molecule has 0 aliphatic carbocycles. The Morgan fingerprint density at radius 1 is 1.09 bits per heavy atom. The maximum atomic E-state index is 13.0. The van der Waals surface area contributed by atoms with Crippen molar-refractivity contribution in [3.05, 3.63) is 64.7 Å². The maximum Gasteiger partial charge on any atom is 0.259 e. The molecule has 0 fully saturated rings. The van der Waals surface area contributed by atoms with Gasteiger partial charge in [-0.1, -0.05) is 43.1 Å². The molecule has 1 aliphatic heterocycles. The lowest BCUT2D eigenvalue weighted by molar-refractivity contribution is 0.0975. The van der Waals surface area contributed by atoms with E-state index in [9.17, 15) is 4.79 Å². The predicted molar refractivity (Wildman–Crippen MR) is 94.9 cm³/mol. The van der Waals surface area contributed by atoms with E-state index >= 15 is 0 Å². The third kappa shape index (κ3) is 3.57. The summed E-state index contributed by atoms with van der Waals surface area (Å²) in [4.78, 5) is 17.2. The first-order chi connectivity index (χ1) is 11.2. The van der Waals surface area contributed by atoms with Crippen molar-refractivity contribution in [1.82, 2.24) is 4.90 Å². The Morgan fingerprint density at radius 2 is 1.83 bits per heavy atom. The Labute approximate surface area is 142 Å². The van der Waals surface area contributed by atoms with Crippen molar-refractivity contribution in [3.63, 3.8) is 0 Å². The van der Waals surface area contributed by atoms with Crippen molar-refractivity contribution in [3.8, 4) is 0 Å². The van der Waals surface area contributed by atoms with Crippen LogP contribution in [0.15, 0.2) is 48.5 Å². The highest BCUT2D eigenvalue weighted by molar-refractivity contribution is 6.30. The highest BCUT2D eigenvalue weighted by atomic mass is 35.5. The first kappa shape index (κ1) is 16.0. The van der Waals surface area contributed by atoms with Crippen LogP contribution in [0.5, 0.6) is 0 Å². The smallest absolute Gasteiger partial charge is 0.259 e. The number of hydrogen-bond acceptors (Lipinski definition) is 2. The number of halogens is 1. The van der Waals surface area contributed by atoms with E-state index in [0.29, 0.717) is 11.7 Å². The SMILES string of the molecule is CCCCN1Cc2ccccc2C(=O)N(c2ccc(Cl)cc2)C1. The molecule has 3 rings (SSSR count). The number of carbonyl (C=O) groups is 1. The van der Waals surface area contributed by atoms with Crippen LogP contribution in [0, 0.1) is 0 Å². The average Bonchev–Trinajstić information content (AvgIpc) is 2.71. The monoisotopic (exact) mass is 328 g/mol. The number of rotatable bonds is 4. The molecule has 4 heteroatoms. The molecule has 0 aromatic heterocycles. The van der Waals surface area contributed by atoms with Gasteiger partial charge in [0, 0.05) is 29.4 Å². The Hall–Kier alpha value is -1.84. The lowest BCUT2D eigenvalue weighted by Gasteiger charge is -2.27. The third-order valence-electron chi connectivity index (χ3n) is 4.19. The summed E-state index contributed by atoms with van der Waals surface area (Å²) in [5.74, 6) is 0.0573.